The van der Waals surface area contributed by atoms with Gasteiger partial charge >= 0.3 is 0 Å². The van der Waals surface area contributed by atoms with E-state index in [4.69, 9.17) is 19.6 Å². The van der Waals surface area contributed by atoms with E-state index in [0.717, 1.165) is 6.42 Å². The second kappa shape index (κ2) is 6.50. The Morgan fingerprint density at radius 2 is 1.69 bits per heavy atom. The lowest BCUT2D eigenvalue weighted by atomic mass is 10.2. The molecule has 13 heavy (non-hydrogen) atoms. The van der Waals surface area contributed by atoms with Gasteiger partial charge in [0.1, 0.15) is 0 Å². The Kier molecular flexibility index (Phi) is 6.53. The van der Waals surface area contributed by atoms with E-state index in [9.17, 15) is 0 Å². The van der Waals surface area contributed by atoms with Gasteiger partial charge in [0, 0.05) is 13.2 Å². The van der Waals surface area contributed by atoms with Crippen LogP contribution in [0.2, 0.25) is 0 Å². The van der Waals surface area contributed by atoms with Crippen molar-refractivity contribution in [2.75, 3.05) is 13.2 Å². The average molecular weight is 207 g/mol. The van der Waals surface area contributed by atoms with Crippen LogP contribution in [-0.2, 0) is 13.9 Å². The van der Waals surface area contributed by atoms with Gasteiger partial charge in [0.25, 0.3) is 5.97 Å². The summed E-state index contributed by atoms with van der Waals surface area (Å²) in [5.41, 5.74) is 5.88. The van der Waals surface area contributed by atoms with E-state index in [-0.39, 0.29) is 6.04 Å². The maximum atomic E-state index is 5.88. The van der Waals surface area contributed by atoms with Crippen LogP contribution in [-0.4, -0.2) is 35.7 Å². The predicted octanol–water partition coefficient (Wildman–Crippen LogP) is -0.253. The van der Waals surface area contributed by atoms with E-state index < -0.39 is 5.97 Å². The fourth-order valence-electron chi connectivity index (χ4n) is 1.18. The molecule has 4 nitrogen and oxygen atoms in total. The lowest BCUT2D eigenvalue weighted by Gasteiger charge is -2.36. The third-order valence-corrected chi connectivity index (χ3v) is 2.44. The SMILES string of the molecule is CCOC(O[SiH3])(OCC)C(N)CC. The van der Waals surface area contributed by atoms with Gasteiger partial charge in [-0.05, 0) is 20.3 Å². The smallest absolute Gasteiger partial charge is 0.288 e. The molecule has 0 saturated carbocycles. The van der Waals surface area contributed by atoms with Gasteiger partial charge in [-0.2, -0.15) is 0 Å². The largest absolute Gasteiger partial charge is 0.379 e. The van der Waals surface area contributed by atoms with Crippen LogP contribution in [0.4, 0.5) is 0 Å². The summed E-state index contributed by atoms with van der Waals surface area (Å²) in [6, 6.07) is -0.232. The summed E-state index contributed by atoms with van der Waals surface area (Å²) in [4.78, 5) is 0. The summed E-state index contributed by atoms with van der Waals surface area (Å²) in [5.74, 6) is -1.01. The molecule has 2 N–H and O–H groups in total. The highest BCUT2D eigenvalue weighted by Gasteiger charge is 2.37. The van der Waals surface area contributed by atoms with Crippen LogP contribution >= 0.6 is 0 Å². The van der Waals surface area contributed by atoms with E-state index >= 15 is 0 Å². The molecule has 0 bridgehead atoms. The Bertz CT molecular complexity index is 129. The minimum Gasteiger partial charge on any atom is -0.379 e. The van der Waals surface area contributed by atoms with Crippen LogP contribution in [0.3, 0.4) is 0 Å². The number of rotatable bonds is 7. The van der Waals surface area contributed by atoms with Crippen molar-refractivity contribution < 1.29 is 13.9 Å². The maximum Gasteiger partial charge on any atom is 0.288 e. The molecule has 0 rings (SSSR count). The molecule has 80 valence electrons. The molecule has 0 aromatic heterocycles. The highest BCUT2D eigenvalue weighted by molar-refractivity contribution is 5.98. The lowest BCUT2D eigenvalue weighted by molar-refractivity contribution is -0.350. The predicted molar refractivity (Wildman–Crippen MR) is 55.3 cm³/mol. The summed E-state index contributed by atoms with van der Waals surface area (Å²) in [5, 5.41) is 0. The van der Waals surface area contributed by atoms with Crippen molar-refractivity contribution in [3.8, 4) is 0 Å². The van der Waals surface area contributed by atoms with Crippen molar-refractivity contribution in [1.29, 1.82) is 0 Å². The van der Waals surface area contributed by atoms with Crippen LogP contribution in [0.1, 0.15) is 27.2 Å². The molecule has 0 amide bonds. The van der Waals surface area contributed by atoms with Crippen LogP contribution in [0.25, 0.3) is 0 Å². The molecule has 1 unspecified atom stereocenters. The molecule has 0 aliphatic heterocycles. The Hall–Kier alpha value is 0.0569. The van der Waals surface area contributed by atoms with Gasteiger partial charge in [0.05, 0.1) is 6.04 Å². The minimum absolute atomic E-state index is 0.232. The van der Waals surface area contributed by atoms with E-state index in [2.05, 4.69) is 0 Å². The summed E-state index contributed by atoms with van der Waals surface area (Å²) >= 11 is 0. The minimum atomic E-state index is -1.01. The summed E-state index contributed by atoms with van der Waals surface area (Å²) in [7, 11) is 0.547. The van der Waals surface area contributed by atoms with E-state index in [1.165, 1.54) is 0 Å². The molecule has 0 aromatic rings. The summed E-state index contributed by atoms with van der Waals surface area (Å²) in [6.45, 7) is 6.86. The maximum absolute atomic E-state index is 5.88. The molecule has 5 heteroatoms. The number of ether oxygens (including phenoxy) is 2. The summed E-state index contributed by atoms with van der Waals surface area (Å²) in [6.07, 6.45) is 0.766. The quantitative estimate of drug-likeness (QED) is 0.462. The molecule has 0 fully saturated rings. The molecule has 1 atom stereocenters. The first-order valence-corrected chi connectivity index (χ1v) is 5.57. The van der Waals surface area contributed by atoms with Crippen molar-refractivity contribution >= 4 is 10.5 Å². The lowest BCUT2D eigenvalue weighted by Crippen LogP contribution is -2.53. The molecule has 0 spiro atoms. The third kappa shape index (κ3) is 3.36. The zero-order valence-electron chi connectivity index (χ0n) is 9.00. The van der Waals surface area contributed by atoms with Gasteiger partial charge in [0.2, 0.25) is 0 Å². The van der Waals surface area contributed by atoms with Crippen molar-refractivity contribution in [3.05, 3.63) is 0 Å². The summed E-state index contributed by atoms with van der Waals surface area (Å²) < 4.78 is 16.2. The van der Waals surface area contributed by atoms with Gasteiger partial charge in [-0.1, -0.05) is 6.92 Å². The van der Waals surface area contributed by atoms with Crippen molar-refractivity contribution in [3.63, 3.8) is 0 Å². The molecule has 0 aromatic carbocycles. The molecule has 0 aliphatic carbocycles. The first kappa shape index (κ1) is 13.1. The van der Waals surface area contributed by atoms with Crippen LogP contribution in [0.5, 0.6) is 0 Å². The van der Waals surface area contributed by atoms with E-state index in [0.29, 0.717) is 23.7 Å². The van der Waals surface area contributed by atoms with Crippen LogP contribution in [0.15, 0.2) is 0 Å². The standard InChI is InChI=1S/C8H21NO3Si/c1-4-7(9)8(12-13,10-5-2)11-6-3/h7H,4-6,9H2,1-3,13H3. The van der Waals surface area contributed by atoms with Crippen molar-refractivity contribution in [2.45, 2.75) is 39.2 Å². The zero-order valence-corrected chi connectivity index (χ0v) is 11.0. The Labute approximate surface area is 83.3 Å². The van der Waals surface area contributed by atoms with Crippen molar-refractivity contribution in [1.82, 2.24) is 0 Å². The molecule has 0 radical (unpaired) electrons. The molecule has 0 saturated heterocycles. The first-order valence-electron chi connectivity index (χ1n) is 4.75. The average Bonchev–Trinajstić information content (AvgIpc) is 2.16. The number of hydrogen-bond acceptors (Lipinski definition) is 4. The fraction of sp³-hybridized carbons (Fsp3) is 1.00. The first-order chi connectivity index (χ1) is 6.16. The number of nitrogens with two attached hydrogens (primary N) is 1. The molecule has 0 heterocycles. The second-order valence-electron chi connectivity index (χ2n) is 2.69. The van der Waals surface area contributed by atoms with Gasteiger partial charge in [-0.3, -0.25) is 0 Å². The van der Waals surface area contributed by atoms with Crippen LogP contribution < -0.4 is 5.73 Å². The van der Waals surface area contributed by atoms with Crippen molar-refractivity contribution in [2.24, 2.45) is 5.73 Å². The highest BCUT2D eigenvalue weighted by Crippen LogP contribution is 2.19. The van der Waals surface area contributed by atoms with Gasteiger partial charge in [-0.15, -0.1) is 0 Å². The Balaban J connectivity index is 4.42. The molecular weight excluding hydrogens is 186 g/mol. The van der Waals surface area contributed by atoms with Crippen LogP contribution in [0, 0.1) is 0 Å². The van der Waals surface area contributed by atoms with Gasteiger partial charge < -0.3 is 19.6 Å². The van der Waals surface area contributed by atoms with E-state index in [1.54, 1.807) is 0 Å². The molecular formula is C8H21NO3Si. The van der Waals surface area contributed by atoms with Gasteiger partial charge in [0.15, 0.2) is 10.5 Å². The zero-order chi connectivity index (χ0) is 10.3. The number of hydrogen-bond donors (Lipinski definition) is 1. The van der Waals surface area contributed by atoms with E-state index in [1.807, 2.05) is 20.8 Å². The second-order valence-corrected chi connectivity index (χ2v) is 3.10. The van der Waals surface area contributed by atoms with Gasteiger partial charge in [-0.25, -0.2) is 0 Å². The highest BCUT2D eigenvalue weighted by atomic mass is 28.2. The third-order valence-electron chi connectivity index (χ3n) is 1.87. The Morgan fingerprint density at radius 3 is 1.92 bits per heavy atom. The Morgan fingerprint density at radius 1 is 1.23 bits per heavy atom. The fourth-order valence-corrected chi connectivity index (χ4v) is 1.72. The normalized spacial score (nSPS) is 14.8. The topological polar surface area (TPSA) is 53.7 Å². The molecule has 0 aliphatic rings. The monoisotopic (exact) mass is 207 g/mol.